The van der Waals surface area contributed by atoms with Crippen molar-refractivity contribution in [1.82, 2.24) is 4.98 Å². The molecule has 1 heterocycles. The third kappa shape index (κ3) is 1.33. The Labute approximate surface area is 60.5 Å². The molecule has 0 bridgehead atoms. The Morgan fingerprint density at radius 3 is 2.70 bits per heavy atom. The van der Waals surface area contributed by atoms with Crippen LogP contribution in [0.15, 0.2) is 12.3 Å². The van der Waals surface area contributed by atoms with Crippen LogP contribution in [0.5, 0.6) is 0 Å². The summed E-state index contributed by atoms with van der Waals surface area (Å²) in [6, 6.07) is 1.92. The van der Waals surface area contributed by atoms with E-state index in [2.05, 4.69) is 4.98 Å². The van der Waals surface area contributed by atoms with Crippen molar-refractivity contribution in [1.29, 1.82) is 0 Å². The topological polar surface area (TPSA) is 32.8 Å². The highest BCUT2D eigenvalue weighted by Crippen LogP contribution is 2.06. The molecule has 1 radical (unpaired) electrons. The largest absolute Gasteiger partial charge is 0.261 e. The van der Waals surface area contributed by atoms with Crippen LogP contribution < -0.4 is 0 Å². The highest BCUT2D eigenvalue weighted by atomic mass is 16.3. The van der Waals surface area contributed by atoms with Crippen LogP contribution in [0.1, 0.15) is 16.8 Å². The summed E-state index contributed by atoms with van der Waals surface area (Å²) in [5.41, 5.74) is 2.81. The van der Waals surface area contributed by atoms with E-state index in [1.807, 2.05) is 19.9 Å². The molecule has 1 rings (SSSR count). The number of hydrogen-bond acceptors (Lipinski definition) is 1. The lowest BCUT2D eigenvalue weighted by Crippen LogP contribution is -1.90. The van der Waals surface area contributed by atoms with Crippen LogP contribution in [-0.4, -0.2) is 4.98 Å². The molecule has 53 valence electrons. The summed E-state index contributed by atoms with van der Waals surface area (Å²) >= 11 is 0. The maximum absolute atomic E-state index is 10.4. The van der Waals surface area contributed by atoms with Crippen LogP contribution in [0.25, 0.3) is 0 Å². The van der Waals surface area contributed by atoms with Crippen molar-refractivity contribution in [3.63, 3.8) is 0 Å². The molecule has 0 unspecified atom stereocenters. The normalized spacial score (nSPS) is 9.90. The molecule has 0 spiro atoms. The Bertz CT molecular complexity index is 233. The first kappa shape index (κ1) is 7.22. The molecule has 0 saturated carbocycles. The summed E-state index contributed by atoms with van der Waals surface area (Å²) in [4.78, 5) is 4.01. The summed E-state index contributed by atoms with van der Waals surface area (Å²) in [6.45, 7) is 3.68. The van der Waals surface area contributed by atoms with Gasteiger partial charge in [0.05, 0.1) is 0 Å². The maximum atomic E-state index is 10.4. The molecular weight excluding hydrogens is 126 g/mol. The second-order valence-electron chi connectivity index (χ2n) is 2.40. The quantitative estimate of drug-likeness (QED) is 0.577. The van der Waals surface area contributed by atoms with Gasteiger partial charge in [0.1, 0.15) is 6.61 Å². The molecule has 0 aliphatic carbocycles. The van der Waals surface area contributed by atoms with Gasteiger partial charge in [-0.15, -0.1) is 0 Å². The average Bonchev–Trinajstić information content (AvgIpc) is 1.88. The zero-order valence-corrected chi connectivity index (χ0v) is 6.22. The van der Waals surface area contributed by atoms with Crippen LogP contribution >= 0.6 is 0 Å². The summed E-state index contributed by atoms with van der Waals surface area (Å²) in [5, 5.41) is 10.4. The number of rotatable bonds is 1. The van der Waals surface area contributed by atoms with Crippen LogP contribution in [-0.2, 0) is 11.7 Å². The molecule has 1 aromatic heterocycles. The lowest BCUT2D eigenvalue weighted by Gasteiger charge is -1.99. The lowest BCUT2D eigenvalue weighted by molar-refractivity contribution is 0.176. The Kier molecular flexibility index (Phi) is 2.02. The van der Waals surface area contributed by atoms with Gasteiger partial charge in [-0.1, -0.05) is 0 Å². The van der Waals surface area contributed by atoms with E-state index in [1.54, 1.807) is 6.20 Å². The van der Waals surface area contributed by atoms with Crippen molar-refractivity contribution in [3.05, 3.63) is 29.1 Å². The van der Waals surface area contributed by atoms with E-state index in [1.165, 1.54) is 0 Å². The van der Waals surface area contributed by atoms with E-state index in [0.717, 1.165) is 16.8 Å². The third-order valence-electron chi connectivity index (χ3n) is 1.51. The second kappa shape index (κ2) is 2.80. The molecule has 0 saturated heterocycles. The van der Waals surface area contributed by atoms with Gasteiger partial charge in [0.15, 0.2) is 0 Å². The number of hydrogen-bond donors (Lipinski definition) is 0. The monoisotopic (exact) mass is 136 g/mol. The van der Waals surface area contributed by atoms with Gasteiger partial charge < -0.3 is 0 Å². The van der Waals surface area contributed by atoms with Crippen LogP contribution in [0, 0.1) is 13.8 Å². The van der Waals surface area contributed by atoms with Crippen molar-refractivity contribution >= 4 is 0 Å². The van der Waals surface area contributed by atoms with E-state index in [4.69, 9.17) is 0 Å². The molecular formula is C8H10NO. The predicted molar refractivity (Wildman–Crippen MR) is 38.1 cm³/mol. The van der Waals surface area contributed by atoms with E-state index < -0.39 is 0 Å². The van der Waals surface area contributed by atoms with Gasteiger partial charge in [-0.3, -0.25) is 4.98 Å². The maximum Gasteiger partial charge on any atom is 0.109 e. The summed E-state index contributed by atoms with van der Waals surface area (Å²) in [6.07, 6.45) is 1.65. The van der Waals surface area contributed by atoms with Gasteiger partial charge in [0.25, 0.3) is 0 Å². The third-order valence-corrected chi connectivity index (χ3v) is 1.51. The predicted octanol–water partition coefficient (Wildman–Crippen LogP) is 1.63. The van der Waals surface area contributed by atoms with E-state index in [9.17, 15) is 5.11 Å². The first-order valence-corrected chi connectivity index (χ1v) is 3.24. The Morgan fingerprint density at radius 1 is 1.50 bits per heavy atom. The van der Waals surface area contributed by atoms with Gasteiger partial charge in [-0.2, -0.15) is 0 Å². The number of nitrogens with zero attached hydrogens (tertiary/aromatic N) is 1. The summed E-state index contributed by atoms with van der Waals surface area (Å²) < 4.78 is 0. The molecule has 0 aliphatic heterocycles. The molecule has 0 aliphatic rings. The molecule has 2 nitrogen and oxygen atoms in total. The Hall–Kier alpha value is -0.890. The summed E-state index contributed by atoms with van der Waals surface area (Å²) in [5.74, 6) is 0. The zero-order valence-electron chi connectivity index (χ0n) is 6.22. The van der Waals surface area contributed by atoms with Crippen LogP contribution in [0.3, 0.4) is 0 Å². The fourth-order valence-corrected chi connectivity index (χ4v) is 0.876. The molecule has 0 atom stereocenters. The number of pyridine rings is 1. The molecule has 0 aromatic carbocycles. The van der Waals surface area contributed by atoms with E-state index in [-0.39, 0.29) is 6.61 Å². The minimum Gasteiger partial charge on any atom is -0.261 e. The first-order valence-electron chi connectivity index (χ1n) is 3.24. The first-order chi connectivity index (χ1) is 4.74. The van der Waals surface area contributed by atoms with Crippen molar-refractivity contribution in [2.75, 3.05) is 0 Å². The standard InChI is InChI=1S/C8H10NO/c1-6-3-7(2)9-4-8(6)5-10/h3-4H,5H2,1-2H3. The molecule has 10 heavy (non-hydrogen) atoms. The summed E-state index contributed by atoms with van der Waals surface area (Å²) in [7, 11) is 0. The van der Waals surface area contributed by atoms with Gasteiger partial charge in [-0.05, 0) is 25.5 Å². The zero-order chi connectivity index (χ0) is 7.56. The minimum atomic E-state index is -0.168. The highest BCUT2D eigenvalue weighted by Gasteiger charge is 1.96. The Morgan fingerprint density at radius 2 is 2.20 bits per heavy atom. The van der Waals surface area contributed by atoms with Crippen molar-refractivity contribution in [3.8, 4) is 0 Å². The average molecular weight is 136 g/mol. The van der Waals surface area contributed by atoms with Gasteiger partial charge in [0, 0.05) is 17.5 Å². The smallest absolute Gasteiger partial charge is 0.109 e. The molecule has 0 amide bonds. The van der Waals surface area contributed by atoms with Gasteiger partial charge >= 0.3 is 0 Å². The van der Waals surface area contributed by atoms with Gasteiger partial charge in [0.2, 0.25) is 0 Å². The fraction of sp³-hybridized carbons (Fsp3) is 0.375. The number of aryl methyl sites for hydroxylation is 2. The highest BCUT2D eigenvalue weighted by molar-refractivity contribution is 5.23. The number of aromatic nitrogens is 1. The second-order valence-corrected chi connectivity index (χ2v) is 2.40. The van der Waals surface area contributed by atoms with Crippen LogP contribution in [0.2, 0.25) is 0 Å². The molecule has 1 aromatic rings. The van der Waals surface area contributed by atoms with Crippen molar-refractivity contribution in [2.24, 2.45) is 0 Å². The molecule has 0 fully saturated rings. The minimum absolute atomic E-state index is 0.168. The van der Waals surface area contributed by atoms with Gasteiger partial charge in [-0.25, -0.2) is 5.11 Å². The SMILES string of the molecule is Cc1cc(C)c(C[O])cn1. The van der Waals surface area contributed by atoms with Crippen molar-refractivity contribution in [2.45, 2.75) is 20.5 Å². The van der Waals surface area contributed by atoms with Crippen molar-refractivity contribution < 1.29 is 5.11 Å². The molecule has 0 N–H and O–H groups in total. The van der Waals surface area contributed by atoms with E-state index >= 15 is 0 Å². The van der Waals surface area contributed by atoms with E-state index in [0.29, 0.717) is 0 Å². The van der Waals surface area contributed by atoms with Crippen LogP contribution in [0.4, 0.5) is 0 Å². The molecule has 2 heteroatoms. The Balaban J connectivity index is 3.07. The lowest BCUT2D eigenvalue weighted by atomic mass is 10.1. The fourth-order valence-electron chi connectivity index (χ4n) is 0.876.